The molecule has 0 aliphatic carbocycles. The van der Waals surface area contributed by atoms with Crippen molar-refractivity contribution in [2.24, 2.45) is 0 Å². The summed E-state index contributed by atoms with van der Waals surface area (Å²) in [6, 6.07) is 9.45. The Balaban J connectivity index is 1.58. The lowest BCUT2D eigenvalue weighted by Crippen LogP contribution is -2.44. The molecule has 0 radical (unpaired) electrons. The number of carbonyl (C=O) groups excluding carboxylic acids is 1. The molecule has 0 saturated carbocycles. The number of rotatable bonds is 2. The van der Waals surface area contributed by atoms with E-state index in [4.69, 9.17) is 11.6 Å². The van der Waals surface area contributed by atoms with E-state index in [1.54, 1.807) is 12.3 Å². The van der Waals surface area contributed by atoms with Crippen LogP contribution < -0.4 is 9.80 Å². The highest BCUT2D eigenvalue weighted by Crippen LogP contribution is 2.34. The molecule has 2 aromatic rings. The van der Waals surface area contributed by atoms with Crippen molar-refractivity contribution < 1.29 is 4.79 Å². The van der Waals surface area contributed by atoms with Crippen LogP contribution in [0.5, 0.6) is 0 Å². The number of benzene rings is 1. The first kappa shape index (κ1) is 16.4. The van der Waals surface area contributed by atoms with E-state index in [9.17, 15) is 4.79 Å². The second-order valence-corrected chi connectivity index (χ2v) is 7.04. The molecule has 0 unspecified atom stereocenters. The van der Waals surface area contributed by atoms with Crippen LogP contribution in [-0.4, -0.2) is 55.6 Å². The summed E-state index contributed by atoms with van der Waals surface area (Å²) in [5.74, 6) is 0.892. The van der Waals surface area contributed by atoms with E-state index in [1.165, 1.54) is 0 Å². The summed E-state index contributed by atoms with van der Waals surface area (Å²) < 4.78 is 0. The van der Waals surface area contributed by atoms with Crippen molar-refractivity contribution >= 4 is 29.0 Å². The minimum atomic E-state index is 0.0128. The van der Waals surface area contributed by atoms with Gasteiger partial charge in [0.05, 0.1) is 0 Å². The normalized spacial score (nSPS) is 17.7. The number of hydrogen-bond acceptors (Lipinski definition) is 4. The number of halogens is 1. The van der Waals surface area contributed by atoms with Gasteiger partial charge in [0.2, 0.25) is 0 Å². The zero-order chi connectivity index (χ0) is 17.4. The maximum atomic E-state index is 13.0. The highest BCUT2D eigenvalue weighted by molar-refractivity contribution is 6.32. The lowest BCUT2D eigenvalue weighted by Gasteiger charge is -2.33. The summed E-state index contributed by atoms with van der Waals surface area (Å²) in [4.78, 5) is 23.9. The number of hydrogen-bond donors (Lipinski definition) is 0. The number of piperazine rings is 1. The predicted molar refractivity (Wildman–Crippen MR) is 101 cm³/mol. The largest absolute Gasteiger partial charge is 0.354 e. The summed E-state index contributed by atoms with van der Waals surface area (Å²) in [5.41, 5.74) is 2.66. The van der Waals surface area contributed by atoms with E-state index in [0.717, 1.165) is 54.7 Å². The fraction of sp³-hybridized carbons (Fsp3) is 0.368. The predicted octanol–water partition coefficient (Wildman–Crippen LogP) is 2.69. The molecule has 1 aromatic carbocycles. The van der Waals surface area contributed by atoms with Crippen LogP contribution in [0, 0.1) is 0 Å². The molecule has 2 aliphatic rings. The van der Waals surface area contributed by atoms with Gasteiger partial charge in [0.1, 0.15) is 5.82 Å². The van der Waals surface area contributed by atoms with Crippen LogP contribution in [0.25, 0.3) is 0 Å². The number of likely N-dealkylation sites (N-methyl/N-ethyl adjacent to an activating group) is 1. The van der Waals surface area contributed by atoms with E-state index < -0.39 is 0 Å². The SMILES string of the molecule is CN1CCN(c2cc(C(=O)N3CCc4c(Cl)cccc43)ccn2)CC1. The number of amides is 1. The Morgan fingerprint density at radius 2 is 1.92 bits per heavy atom. The number of pyridine rings is 1. The van der Waals surface area contributed by atoms with Crippen molar-refractivity contribution in [3.05, 3.63) is 52.7 Å². The van der Waals surface area contributed by atoms with Gasteiger partial charge in [-0.2, -0.15) is 0 Å². The Morgan fingerprint density at radius 3 is 2.72 bits per heavy atom. The average molecular weight is 357 g/mol. The van der Waals surface area contributed by atoms with Gasteiger partial charge in [-0.3, -0.25) is 4.79 Å². The standard InChI is InChI=1S/C19H21ClN4O/c1-22-9-11-23(12-10-22)18-13-14(5-7-21-18)19(25)24-8-6-15-16(20)3-2-4-17(15)24/h2-5,7,13H,6,8-12H2,1H3. The van der Waals surface area contributed by atoms with Gasteiger partial charge in [-0.1, -0.05) is 17.7 Å². The van der Waals surface area contributed by atoms with Gasteiger partial charge in [0, 0.05) is 55.2 Å². The van der Waals surface area contributed by atoms with Gasteiger partial charge in [0.15, 0.2) is 0 Å². The Bertz CT molecular complexity index is 802. The molecule has 0 N–H and O–H groups in total. The lowest BCUT2D eigenvalue weighted by molar-refractivity contribution is 0.0989. The fourth-order valence-electron chi connectivity index (χ4n) is 3.52. The Hall–Kier alpha value is -2.11. The Kier molecular flexibility index (Phi) is 4.36. The number of aromatic nitrogens is 1. The van der Waals surface area contributed by atoms with Gasteiger partial charge in [-0.15, -0.1) is 0 Å². The molecule has 3 heterocycles. The summed E-state index contributed by atoms with van der Waals surface area (Å²) in [6.07, 6.45) is 2.53. The first-order chi connectivity index (χ1) is 12.1. The minimum absolute atomic E-state index is 0.0128. The summed E-state index contributed by atoms with van der Waals surface area (Å²) in [5, 5.41) is 0.737. The quantitative estimate of drug-likeness (QED) is 0.829. The average Bonchev–Trinajstić information content (AvgIpc) is 3.07. The Labute approximate surface area is 152 Å². The summed E-state index contributed by atoms with van der Waals surface area (Å²) in [6.45, 7) is 4.56. The number of anilines is 2. The van der Waals surface area contributed by atoms with Gasteiger partial charge in [-0.25, -0.2) is 4.98 Å². The van der Waals surface area contributed by atoms with Crippen LogP contribution >= 0.6 is 11.6 Å². The molecule has 6 heteroatoms. The van der Waals surface area contributed by atoms with Gasteiger partial charge in [0.25, 0.3) is 5.91 Å². The third-order valence-corrected chi connectivity index (χ3v) is 5.39. The number of carbonyl (C=O) groups is 1. The van der Waals surface area contributed by atoms with Crippen molar-refractivity contribution in [2.45, 2.75) is 6.42 Å². The third kappa shape index (κ3) is 3.10. The summed E-state index contributed by atoms with van der Waals surface area (Å²) in [7, 11) is 2.13. The van der Waals surface area contributed by atoms with Crippen LogP contribution in [-0.2, 0) is 6.42 Å². The molecule has 0 spiro atoms. The van der Waals surface area contributed by atoms with Crippen molar-refractivity contribution in [3.8, 4) is 0 Å². The van der Waals surface area contributed by atoms with Crippen LogP contribution in [0.15, 0.2) is 36.5 Å². The van der Waals surface area contributed by atoms with Gasteiger partial charge < -0.3 is 14.7 Å². The molecule has 0 bridgehead atoms. The first-order valence-corrected chi connectivity index (χ1v) is 9.00. The van der Waals surface area contributed by atoms with Crippen LogP contribution in [0.2, 0.25) is 5.02 Å². The van der Waals surface area contributed by atoms with Gasteiger partial charge in [-0.05, 0) is 43.3 Å². The highest BCUT2D eigenvalue weighted by atomic mass is 35.5. The maximum Gasteiger partial charge on any atom is 0.258 e. The molecule has 1 fully saturated rings. The van der Waals surface area contributed by atoms with E-state index >= 15 is 0 Å². The number of nitrogens with zero attached hydrogens (tertiary/aromatic N) is 4. The van der Waals surface area contributed by atoms with Crippen molar-refractivity contribution in [2.75, 3.05) is 49.6 Å². The smallest absolute Gasteiger partial charge is 0.258 e. The first-order valence-electron chi connectivity index (χ1n) is 8.62. The molecule has 5 nitrogen and oxygen atoms in total. The molecule has 130 valence electrons. The van der Waals surface area contributed by atoms with Gasteiger partial charge >= 0.3 is 0 Å². The highest BCUT2D eigenvalue weighted by Gasteiger charge is 2.27. The maximum absolute atomic E-state index is 13.0. The molecular weight excluding hydrogens is 336 g/mol. The van der Waals surface area contributed by atoms with E-state index in [1.807, 2.05) is 29.2 Å². The Morgan fingerprint density at radius 1 is 1.12 bits per heavy atom. The van der Waals surface area contributed by atoms with Crippen molar-refractivity contribution in [1.82, 2.24) is 9.88 Å². The topological polar surface area (TPSA) is 39.7 Å². The van der Waals surface area contributed by atoms with E-state index in [-0.39, 0.29) is 5.91 Å². The zero-order valence-corrected chi connectivity index (χ0v) is 15.0. The number of fused-ring (bicyclic) bond motifs is 1. The van der Waals surface area contributed by atoms with Crippen LogP contribution in [0.1, 0.15) is 15.9 Å². The second kappa shape index (κ2) is 6.65. The molecule has 25 heavy (non-hydrogen) atoms. The lowest BCUT2D eigenvalue weighted by atomic mass is 10.1. The molecule has 0 atom stereocenters. The molecule has 2 aliphatic heterocycles. The van der Waals surface area contributed by atoms with E-state index in [2.05, 4.69) is 21.8 Å². The molecule has 1 amide bonds. The fourth-order valence-corrected chi connectivity index (χ4v) is 3.78. The third-order valence-electron chi connectivity index (χ3n) is 5.04. The molecular formula is C19H21ClN4O. The van der Waals surface area contributed by atoms with Crippen LogP contribution in [0.4, 0.5) is 11.5 Å². The molecule has 1 saturated heterocycles. The monoisotopic (exact) mass is 356 g/mol. The minimum Gasteiger partial charge on any atom is -0.354 e. The van der Waals surface area contributed by atoms with E-state index in [0.29, 0.717) is 12.1 Å². The van der Waals surface area contributed by atoms with Crippen molar-refractivity contribution in [1.29, 1.82) is 0 Å². The van der Waals surface area contributed by atoms with Crippen molar-refractivity contribution in [3.63, 3.8) is 0 Å². The zero-order valence-electron chi connectivity index (χ0n) is 14.3. The molecule has 1 aromatic heterocycles. The second-order valence-electron chi connectivity index (χ2n) is 6.64. The van der Waals surface area contributed by atoms with Crippen LogP contribution in [0.3, 0.4) is 0 Å². The summed E-state index contributed by atoms with van der Waals surface area (Å²) >= 11 is 6.27. The molecule has 4 rings (SSSR count).